The van der Waals surface area contributed by atoms with Gasteiger partial charge in [0.25, 0.3) is 0 Å². The fraction of sp³-hybridized carbons (Fsp3) is 0.346. The zero-order chi connectivity index (χ0) is 22.2. The van der Waals surface area contributed by atoms with Crippen LogP contribution in [0.2, 0.25) is 0 Å². The lowest BCUT2D eigenvalue weighted by molar-refractivity contribution is 0.0466. The molecule has 3 aromatic carbocycles. The first-order valence-electron chi connectivity index (χ1n) is 11.2. The maximum Gasteiger partial charge on any atom is 0.248 e. The van der Waals surface area contributed by atoms with Gasteiger partial charge in [-0.1, -0.05) is 18.2 Å². The molecule has 1 fully saturated rings. The van der Waals surface area contributed by atoms with Gasteiger partial charge in [-0.2, -0.15) is 0 Å². The van der Waals surface area contributed by atoms with Gasteiger partial charge in [0, 0.05) is 48.9 Å². The van der Waals surface area contributed by atoms with Crippen LogP contribution in [0.4, 0.5) is 10.1 Å². The summed E-state index contributed by atoms with van der Waals surface area (Å²) < 4.78 is 19.6. The molecule has 0 spiro atoms. The zero-order valence-electron chi connectivity index (χ0n) is 18.3. The highest BCUT2D eigenvalue weighted by Gasteiger charge is 2.28. The summed E-state index contributed by atoms with van der Waals surface area (Å²) >= 11 is 0. The van der Waals surface area contributed by atoms with Gasteiger partial charge in [0.05, 0.1) is 12.7 Å². The Bertz CT molecular complexity index is 1170. The lowest BCUT2D eigenvalue weighted by Crippen LogP contribution is -2.52. The van der Waals surface area contributed by atoms with Crippen molar-refractivity contribution in [3.05, 3.63) is 77.1 Å². The minimum absolute atomic E-state index is 0.0603. The number of ether oxygens (including phenoxy) is 1. The van der Waals surface area contributed by atoms with Crippen LogP contribution in [-0.2, 0) is 11.3 Å². The Morgan fingerprint density at radius 1 is 1.16 bits per heavy atom. The van der Waals surface area contributed by atoms with E-state index in [4.69, 9.17) is 10.5 Å². The molecule has 2 aliphatic heterocycles. The molecule has 0 aliphatic carbocycles. The predicted molar refractivity (Wildman–Crippen MR) is 124 cm³/mol. The third kappa shape index (κ3) is 3.96. The second kappa shape index (κ2) is 8.52. The van der Waals surface area contributed by atoms with Gasteiger partial charge in [-0.25, -0.2) is 4.39 Å². The fourth-order valence-corrected chi connectivity index (χ4v) is 5.06. The summed E-state index contributed by atoms with van der Waals surface area (Å²) in [7, 11) is 0. The van der Waals surface area contributed by atoms with Crippen LogP contribution in [0.5, 0.6) is 0 Å². The maximum absolute atomic E-state index is 13.6. The number of hydrogen-bond donors (Lipinski definition) is 1. The van der Waals surface area contributed by atoms with Crippen LogP contribution in [0.25, 0.3) is 10.8 Å². The molecule has 1 saturated heterocycles. The van der Waals surface area contributed by atoms with Crippen molar-refractivity contribution < 1.29 is 13.9 Å². The third-order valence-electron chi connectivity index (χ3n) is 6.82. The van der Waals surface area contributed by atoms with E-state index in [0.717, 1.165) is 48.9 Å². The van der Waals surface area contributed by atoms with E-state index >= 15 is 0 Å². The van der Waals surface area contributed by atoms with Crippen LogP contribution in [0.1, 0.15) is 40.9 Å². The van der Waals surface area contributed by atoms with Crippen LogP contribution >= 0.6 is 0 Å². The number of hydrogen-bond acceptors (Lipinski definition) is 4. The Kier molecular flexibility index (Phi) is 5.57. The van der Waals surface area contributed by atoms with Gasteiger partial charge in [0.2, 0.25) is 5.91 Å². The van der Waals surface area contributed by atoms with E-state index in [1.54, 1.807) is 12.1 Å². The number of nitrogens with zero attached hydrogens (tertiary/aromatic N) is 2. The molecule has 2 aliphatic rings. The molecule has 6 heteroatoms. The van der Waals surface area contributed by atoms with E-state index in [1.807, 2.05) is 30.3 Å². The van der Waals surface area contributed by atoms with Crippen molar-refractivity contribution in [1.29, 1.82) is 0 Å². The number of amides is 1. The molecule has 0 saturated carbocycles. The number of anilines is 1. The molecule has 0 bridgehead atoms. The highest BCUT2D eigenvalue weighted by Crippen LogP contribution is 2.34. The summed E-state index contributed by atoms with van der Waals surface area (Å²) in [5, 5.41) is 2.04. The first kappa shape index (κ1) is 20.9. The molecule has 5 rings (SSSR count). The first-order valence-corrected chi connectivity index (χ1v) is 11.2. The molecule has 1 amide bonds. The maximum atomic E-state index is 13.6. The standard InChI is InChI=1S/C26H28FN3O2/c1-17-15-30(24-4-2-3-18-14-21(27)6-8-22(18)24)12-11-29(17)10-9-25-23-7-5-19(26(28)31)13-20(23)16-32-25/h2-8,13-14,17,25H,9-12,15-16H2,1H3,(H2,28,31)/t17-,25-/m0/s1. The zero-order valence-corrected chi connectivity index (χ0v) is 18.3. The van der Waals surface area contributed by atoms with Gasteiger partial charge in [-0.05, 0) is 66.3 Å². The van der Waals surface area contributed by atoms with E-state index in [9.17, 15) is 9.18 Å². The van der Waals surface area contributed by atoms with Crippen LogP contribution in [0.15, 0.2) is 54.6 Å². The van der Waals surface area contributed by atoms with E-state index in [-0.39, 0.29) is 11.9 Å². The van der Waals surface area contributed by atoms with Crippen molar-refractivity contribution in [2.75, 3.05) is 31.1 Å². The molecule has 5 nitrogen and oxygen atoms in total. The number of rotatable bonds is 5. The summed E-state index contributed by atoms with van der Waals surface area (Å²) in [5.41, 5.74) is 9.34. The van der Waals surface area contributed by atoms with Gasteiger partial charge in [-0.3, -0.25) is 9.69 Å². The number of benzene rings is 3. The molecule has 2 heterocycles. The number of fused-ring (bicyclic) bond motifs is 2. The van der Waals surface area contributed by atoms with Crippen molar-refractivity contribution in [3.63, 3.8) is 0 Å². The van der Waals surface area contributed by atoms with Crippen LogP contribution in [-0.4, -0.2) is 43.0 Å². The number of carbonyl (C=O) groups excluding carboxylic acids is 1. The summed E-state index contributed by atoms with van der Waals surface area (Å²) in [5.74, 6) is -0.603. The third-order valence-corrected chi connectivity index (χ3v) is 6.82. The van der Waals surface area contributed by atoms with Crippen LogP contribution in [0, 0.1) is 5.82 Å². The number of carbonyl (C=O) groups is 1. The lowest BCUT2D eigenvalue weighted by atomic mass is 10.00. The van der Waals surface area contributed by atoms with Crippen molar-refractivity contribution in [2.45, 2.75) is 32.1 Å². The van der Waals surface area contributed by atoms with E-state index < -0.39 is 5.91 Å². The molecule has 0 radical (unpaired) electrons. The first-order chi connectivity index (χ1) is 15.5. The summed E-state index contributed by atoms with van der Waals surface area (Å²) in [4.78, 5) is 16.3. The van der Waals surface area contributed by atoms with Gasteiger partial charge < -0.3 is 15.4 Å². The minimum Gasteiger partial charge on any atom is -0.369 e. The molecule has 2 atom stereocenters. The normalized spacial score (nSPS) is 21.1. The van der Waals surface area contributed by atoms with Gasteiger partial charge in [0.15, 0.2) is 0 Å². The monoisotopic (exact) mass is 433 g/mol. The molecule has 32 heavy (non-hydrogen) atoms. The van der Waals surface area contributed by atoms with Gasteiger partial charge >= 0.3 is 0 Å². The molecular formula is C26H28FN3O2. The summed E-state index contributed by atoms with van der Waals surface area (Å²) in [6, 6.07) is 17.2. The summed E-state index contributed by atoms with van der Waals surface area (Å²) in [6.45, 7) is 6.59. The molecule has 166 valence electrons. The number of primary amides is 1. The average Bonchev–Trinajstić information content (AvgIpc) is 3.20. The molecular weight excluding hydrogens is 405 g/mol. The smallest absolute Gasteiger partial charge is 0.248 e. The number of piperazine rings is 1. The van der Waals surface area contributed by atoms with E-state index in [0.29, 0.717) is 18.2 Å². The predicted octanol–water partition coefficient (Wildman–Crippen LogP) is 4.25. The number of halogens is 1. The molecule has 0 unspecified atom stereocenters. The van der Waals surface area contributed by atoms with Crippen LogP contribution in [0.3, 0.4) is 0 Å². The second-order valence-corrected chi connectivity index (χ2v) is 8.84. The molecule has 0 aromatic heterocycles. The molecule has 2 N–H and O–H groups in total. The van der Waals surface area contributed by atoms with E-state index in [1.165, 1.54) is 17.3 Å². The number of nitrogens with two attached hydrogens (primary N) is 1. The Morgan fingerprint density at radius 2 is 2.03 bits per heavy atom. The second-order valence-electron chi connectivity index (χ2n) is 8.84. The quantitative estimate of drug-likeness (QED) is 0.654. The SMILES string of the molecule is C[C@H]1CN(c2cccc3cc(F)ccc23)CCN1CC[C@@H]1OCc2cc(C(N)=O)ccc21. The molecule has 3 aromatic rings. The Labute approximate surface area is 187 Å². The Morgan fingerprint density at radius 3 is 2.84 bits per heavy atom. The Hall–Kier alpha value is -2.96. The van der Waals surface area contributed by atoms with Crippen molar-refractivity contribution in [2.24, 2.45) is 5.73 Å². The highest BCUT2D eigenvalue weighted by molar-refractivity contribution is 5.94. The lowest BCUT2D eigenvalue weighted by Gasteiger charge is -2.41. The average molecular weight is 434 g/mol. The fourth-order valence-electron chi connectivity index (χ4n) is 5.06. The van der Waals surface area contributed by atoms with Crippen molar-refractivity contribution in [3.8, 4) is 0 Å². The Balaban J connectivity index is 1.23. The largest absolute Gasteiger partial charge is 0.369 e. The van der Waals surface area contributed by atoms with Gasteiger partial charge in [0.1, 0.15) is 5.82 Å². The summed E-state index contributed by atoms with van der Waals surface area (Å²) in [6.07, 6.45) is 0.978. The minimum atomic E-state index is -0.403. The topological polar surface area (TPSA) is 58.8 Å². The van der Waals surface area contributed by atoms with Crippen LogP contribution < -0.4 is 10.6 Å². The van der Waals surface area contributed by atoms with Crippen molar-refractivity contribution in [1.82, 2.24) is 4.90 Å². The van der Waals surface area contributed by atoms with Gasteiger partial charge in [-0.15, -0.1) is 0 Å². The highest BCUT2D eigenvalue weighted by atomic mass is 19.1. The van der Waals surface area contributed by atoms with Crippen molar-refractivity contribution >= 4 is 22.4 Å². The van der Waals surface area contributed by atoms with E-state index in [2.05, 4.69) is 22.8 Å².